The van der Waals surface area contributed by atoms with Crippen molar-refractivity contribution in [3.63, 3.8) is 0 Å². The smallest absolute Gasteiger partial charge is 0.176 e. The van der Waals surface area contributed by atoms with Crippen LogP contribution >= 0.6 is 31.9 Å². The Morgan fingerprint density at radius 1 is 1.33 bits per heavy atom. The van der Waals surface area contributed by atoms with Crippen LogP contribution in [0.25, 0.3) is 0 Å². The molecule has 0 aromatic heterocycles. The van der Waals surface area contributed by atoms with Crippen LogP contribution in [-0.4, -0.2) is 0 Å². The molecule has 9 heavy (non-hydrogen) atoms. The second-order valence-electron chi connectivity index (χ2n) is 1.33. The van der Waals surface area contributed by atoms with Crippen molar-refractivity contribution in [1.82, 2.24) is 0 Å². The fourth-order valence-corrected chi connectivity index (χ4v) is 0.927. The minimum Gasteiger partial charge on any atom is -0.176 e. The summed E-state index contributed by atoms with van der Waals surface area (Å²) in [5, 5.41) is 0. The molecule has 1 rings (SSSR count). The minimum atomic E-state index is 0. The molecule has 0 saturated carbocycles. The maximum atomic E-state index is 3.32. The van der Waals surface area contributed by atoms with E-state index in [4.69, 9.17) is 0 Å². The molecular weight excluding hydrogens is 239 g/mol. The molecule has 42 valence electrons. The average Bonchev–Trinajstić information content (AvgIpc) is 1.77. The fourth-order valence-electron chi connectivity index (χ4n) is 0.396. The predicted molar refractivity (Wildman–Crippen MR) is 40.7 cm³/mol. The van der Waals surface area contributed by atoms with Gasteiger partial charge in [0.2, 0.25) is 0 Å². The van der Waals surface area contributed by atoms with Crippen molar-refractivity contribution in [1.29, 1.82) is 0 Å². The molecule has 0 fully saturated rings. The molecule has 0 unspecified atom stereocenters. The summed E-state index contributed by atoms with van der Waals surface area (Å²) >= 11 is 6.61. The molecule has 1 aromatic carbocycles. The van der Waals surface area contributed by atoms with Crippen molar-refractivity contribution < 1.29 is 18.9 Å². The first-order valence-corrected chi connectivity index (χ1v) is 3.71. The van der Waals surface area contributed by atoms with Gasteiger partial charge in [-0.05, 0) is 0 Å². The van der Waals surface area contributed by atoms with Crippen LogP contribution in [0.3, 0.4) is 0 Å². The molecule has 0 nitrogen and oxygen atoms in total. The Kier molecular flexibility index (Phi) is 4.97. The van der Waals surface area contributed by atoms with Gasteiger partial charge in [-0.1, -0.05) is 24.9 Å². The zero-order valence-corrected chi connectivity index (χ0v) is 8.16. The Morgan fingerprint density at radius 3 is 2.33 bits per heavy atom. The maximum absolute atomic E-state index is 3.32. The molecule has 0 saturated heterocycles. The first kappa shape index (κ1) is 9.78. The van der Waals surface area contributed by atoms with Crippen molar-refractivity contribution in [2.45, 2.75) is 0 Å². The van der Waals surface area contributed by atoms with Crippen LogP contribution in [0.1, 0.15) is 0 Å². The van der Waals surface area contributed by atoms with Crippen molar-refractivity contribution in [3.8, 4) is 0 Å². The first-order chi connectivity index (χ1) is 3.80. The summed E-state index contributed by atoms with van der Waals surface area (Å²) in [5.41, 5.74) is 0. The van der Waals surface area contributed by atoms with Crippen LogP contribution < -0.4 is 18.9 Å². The van der Waals surface area contributed by atoms with Gasteiger partial charge in [0.05, 0.1) is 0 Å². The summed E-state index contributed by atoms with van der Waals surface area (Å²) in [7, 11) is 0. The summed E-state index contributed by atoms with van der Waals surface area (Å²) in [6.45, 7) is 0. The Labute approximate surface area is 83.5 Å². The third-order valence-electron chi connectivity index (χ3n) is 0.759. The van der Waals surface area contributed by atoms with E-state index in [1.807, 2.05) is 18.2 Å². The quantitative estimate of drug-likeness (QED) is 0.444. The number of halogens is 2. The second-order valence-corrected chi connectivity index (χ2v) is 2.98. The monoisotopic (exact) mass is 240 g/mol. The van der Waals surface area contributed by atoms with Gasteiger partial charge in [0.25, 0.3) is 0 Å². The van der Waals surface area contributed by atoms with Gasteiger partial charge in [-0.15, -0.1) is 15.9 Å². The van der Waals surface area contributed by atoms with Crippen LogP contribution in [0.15, 0.2) is 27.1 Å². The normalized spacial score (nSPS) is 8.22. The van der Waals surface area contributed by atoms with Crippen molar-refractivity contribution in [2.24, 2.45) is 0 Å². The molecule has 0 aliphatic heterocycles. The van der Waals surface area contributed by atoms with Crippen LogP contribution in [-0.2, 0) is 0 Å². The molecule has 0 N–H and O–H groups in total. The molecule has 0 bridgehead atoms. The number of rotatable bonds is 0. The molecule has 0 amide bonds. The standard InChI is InChI=1S/C6H3Br2.Li/c7-5-3-1-2-4-6(5)8;/h1-3H;/q-1;+1. The van der Waals surface area contributed by atoms with E-state index in [1.165, 1.54) is 0 Å². The van der Waals surface area contributed by atoms with E-state index in [0.29, 0.717) is 0 Å². The van der Waals surface area contributed by atoms with Gasteiger partial charge < -0.3 is 0 Å². The molecular formula is C6H3Br2Li. The van der Waals surface area contributed by atoms with Crippen molar-refractivity contribution >= 4 is 31.9 Å². The van der Waals surface area contributed by atoms with Crippen LogP contribution in [0.5, 0.6) is 0 Å². The third-order valence-corrected chi connectivity index (χ3v) is 2.61. The van der Waals surface area contributed by atoms with E-state index in [0.717, 1.165) is 8.95 Å². The van der Waals surface area contributed by atoms with E-state index in [9.17, 15) is 0 Å². The summed E-state index contributed by atoms with van der Waals surface area (Å²) in [6.07, 6.45) is 0. The molecule has 1 aromatic rings. The summed E-state index contributed by atoms with van der Waals surface area (Å²) < 4.78 is 2.01. The van der Waals surface area contributed by atoms with E-state index in [-0.39, 0.29) is 18.9 Å². The summed E-state index contributed by atoms with van der Waals surface area (Å²) in [4.78, 5) is 0. The van der Waals surface area contributed by atoms with E-state index in [2.05, 4.69) is 37.9 Å². The predicted octanol–water partition coefficient (Wildman–Crippen LogP) is 0.0158. The molecule has 3 heteroatoms. The molecule has 0 aliphatic carbocycles. The summed E-state index contributed by atoms with van der Waals surface area (Å²) in [5.74, 6) is 0. The summed E-state index contributed by atoms with van der Waals surface area (Å²) in [6, 6.07) is 8.71. The molecule has 0 spiro atoms. The molecule has 0 radical (unpaired) electrons. The van der Waals surface area contributed by atoms with Crippen LogP contribution in [0.2, 0.25) is 0 Å². The molecule has 0 atom stereocenters. The number of hydrogen-bond donors (Lipinski definition) is 0. The zero-order valence-electron chi connectivity index (χ0n) is 4.99. The van der Waals surface area contributed by atoms with Gasteiger partial charge in [-0.3, -0.25) is 0 Å². The van der Waals surface area contributed by atoms with Gasteiger partial charge >= 0.3 is 18.9 Å². The minimum absolute atomic E-state index is 0. The van der Waals surface area contributed by atoms with E-state index >= 15 is 0 Å². The second kappa shape index (κ2) is 4.57. The third kappa shape index (κ3) is 2.91. The Morgan fingerprint density at radius 2 is 2.00 bits per heavy atom. The maximum Gasteiger partial charge on any atom is 1.00 e. The van der Waals surface area contributed by atoms with Gasteiger partial charge in [0, 0.05) is 0 Å². The Hall–Kier alpha value is 0.777. The molecule has 0 aliphatic rings. The fraction of sp³-hybridized carbons (Fsp3) is 0. The number of benzene rings is 1. The van der Waals surface area contributed by atoms with E-state index in [1.54, 1.807) is 0 Å². The Bertz CT molecular complexity index is 167. The largest absolute Gasteiger partial charge is 1.00 e. The van der Waals surface area contributed by atoms with Crippen molar-refractivity contribution in [2.75, 3.05) is 0 Å². The van der Waals surface area contributed by atoms with Gasteiger partial charge in [0.1, 0.15) is 0 Å². The van der Waals surface area contributed by atoms with Crippen LogP contribution in [0.4, 0.5) is 0 Å². The topological polar surface area (TPSA) is 0 Å². The van der Waals surface area contributed by atoms with E-state index < -0.39 is 0 Å². The van der Waals surface area contributed by atoms with Gasteiger partial charge in [-0.25, -0.2) is 0 Å². The molecule has 0 heterocycles. The van der Waals surface area contributed by atoms with Crippen LogP contribution in [0, 0.1) is 6.07 Å². The van der Waals surface area contributed by atoms with Gasteiger partial charge in [-0.2, -0.15) is 24.3 Å². The Balaban J connectivity index is 0.000000640. The first-order valence-electron chi connectivity index (χ1n) is 2.12. The zero-order chi connectivity index (χ0) is 5.98. The van der Waals surface area contributed by atoms with Gasteiger partial charge in [0.15, 0.2) is 0 Å². The SMILES string of the molecule is Brc1[c-]cccc1Br.[Li+]. The average molecular weight is 242 g/mol. The van der Waals surface area contributed by atoms with Crippen molar-refractivity contribution in [3.05, 3.63) is 33.2 Å². The number of hydrogen-bond acceptors (Lipinski definition) is 0.